The number of benzene rings is 3. The van der Waals surface area contributed by atoms with E-state index in [1.165, 1.54) is 18.2 Å². The second kappa shape index (κ2) is 8.73. The summed E-state index contributed by atoms with van der Waals surface area (Å²) in [5.74, 6) is 0.226. The molecule has 0 aliphatic heterocycles. The number of carbonyl (C=O) groups excluding carboxylic acids is 1. The normalized spacial score (nSPS) is 11.4. The molecule has 4 aromatic rings. The minimum atomic E-state index is -0.498. The standard InChI is InChI=1S/C24H19N3O5/c1-15-4-3-5-18(12-15)25-23(28)21-14-16-13-19(27(29)30)8-11-22(16)32-24(21)26-17-6-9-20(31-2)10-7-17/h3-14H,1-2H3,(H,25,28). The van der Waals surface area contributed by atoms with Gasteiger partial charge in [0, 0.05) is 23.2 Å². The molecule has 0 spiro atoms. The van der Waals surface area contributed by atoms with Crippen LogP contribution in [0.2, 0.25) is 0 Å². The van der Waals surface area contributed by atoms with Gasteiger partial charge < -0.3 is 14.5 Å². The number of methoxy groups -OCH3 is 1. The molecular weight excluding hydrogens is 410 g/mol. The number of non-ortho nitro benzene ring substituents is 1. The van der Waals surface area contributed by atoms with E-state index in [-0.39, 0.29) is 16.8 Å². The van der Waals surface area contributed by atoms with Gasteiger partial charge in [-0.25, -0.2) is 4.99 Å². The van der Waals surface area contributed by atoms with Crippen LogP contribution in [0.4, 0.5) is 17.1 Å². The molecule has 160 valence electrons. The highest BCUT2D eigenvalue weighted by atomic mass is 16.6. The number of hydrogen-bond acceptors (Lipinski definition) is 6. The Hall–Kier alpha value is -4.46. The minimum Gasteiger partial charge on any atom is -0.497 e. The Balaban J connectivity index is 1.85. The zero-order valence-corrected chi connectivity index (χ0v) is 17.4. The molecule has 0 saturated carbocycles. The Labute approximate surface area is 183 Å². The third kappa shape index (κ3) is 4.49. The Morgan fingerprint density at radius 2 is 1.84 bits per heavy atom. The second-order valence-corrected chi connectivity index (χ2v) is 7.08. The van der Waals surface area contributed by atoms with Crippen LogP contribution in [0.3, 0.4) is 0 Å². The fourth-order valence-corrected chi connectivity index (χ4v) is 3.17. The largest absolute Gasteiger partial charge is 0.497 e. The molecule has 0 aliphatic carbocycles. The lowest BCUT2D eigenvalue weighted by Crippen LogP contribution is -2.21. The zero-order chi connectivity index (χ0) is 22.7. The van der Waals surface area contributed by atoms with Crippen LogP contribution < -0.4 is 15.6 Å². The molecule has 32 heavy (non-hydrogen) atoms. The van der Waals surface area contributed by atoms with Gasteiger partial charge >= 0.3 is 0 Å². The molecule has 0 saturated heterocycles. The van der Waals surface area contributed by atoms with Crippen LogP contribution in [-0.2, 0) is 0 Å². The maximum absolute atomic E-state index is 13.1. The van der Waals surface area contributed by atoms with Gasteiger partial charge in [0.15, 0.2) is 0 Å². The summed E-state index contributed by atoms with van der Waals surface area (Å²) in [6.45, 7) is 1.92. The molecule has 0 unspecified atom stereocenters. The minimum absolute atomic E-state index is 0.0849. The summed E-state index contributed by atoms with van der Waals surface area (Å²) in [6, 6.07) is 20.1. The third-order valence-corrected chi connectivity index (χ3v) is 4.76. The number of hydrogen-bond donors (Lipinski definition) is 1. The van der Waals surface area contributed by atoms with E-state index in [9.17, 15) is 14.9 Å². The van der Waals surface area contributed by atoms with E-state index in [1.807, 2.05) is 25.1 Å². The fourth-order valence-electron chi connectivity index (χ4n) is 3.17. The number of anilines is 1. The van der Waals surface area contributed by atoms with Gasteiger partial charge in [-0.15, -0.1) is 0 Å². The maximum Gasteiger partial charge on any atom is 0.270 e. The topological polar surface area (TPSA) is 107 Å². The van der Waals surface area contributed by atoms with Crippen molar-refractivity contribution in [2.24, 2.45) is 4.99 Å². The lowest BCUT2D eigenvalue weighted by molar-refractivity contribution is -0.384. The van der Waals surface area contributed by atoms with Gasteiger partial charge in [-0.05, 0) is 61.0 Å². The van der Waals surface area contributed by atoms with Crippen molar-refractivity contribution in [1.29, 1.82) is 0 Å². The first kappa shape index (κ1) is 20.8. The number of nitrogens with zero attached hydrogens (tertiary/aromatic N) is 2. The first-order chi connectivity index (χ1) is 15.4. The highest BCUT2D eigenvalue weighted by Crippen LogP contribution is 2.22. The molecule has 0 radical (unpaired) electrons. The number of nitrogens with one attached hydrogen (secondary N) is 1. The van der Waals surface area contributed by atoms with Crippen molar-refractivity contribution in [3.63, 3.8) is 0 Å². The molecule has 8 heteroatoms. The van der Waals surface area contributed by atoms with Crippen molar-refractivity contribution >= 4 is 33.9 Å². The summed E-state index contributed by atoms with van der Waals surface area (Å²) >= 11 is 0. The number of nitro groups is 1. The first-order valence-electron chi connectivity index (χ1n) is 9.72. The van der Waals surface area contributed by atoms with E-state index in [4.69, 9.17) is 9.15 Å². The SMILES string of the molecule is COc1ccc(N=c2oc3ccc([N+](=O)[O-])cc3cc2C(=O)Nc2cccc(C)c2)cc1. The maximum atomic E-state index is 13.1. The van der Waals surface area contributed by atoms with Crippen molar-refractivity contribution in [3.8, 4) is 5.75 Å². The van der Waals surface area contributed by atoms with Crippen LogP contribution in [0.25, 0.3) is 11.0 Å². The predicted molar refractivity (Wildman–Crippen MR) is 120 cm³/mol. The van der Waals surface area contributed by atoms with Crippen molar-refractivity contribution in [1.82, 2.24) is 0 Å². The molecule has 0 aliphatic rings. The number of fused-ring (bicyclic) bond motifs is 1. The summed E-state index contributed by atoms with van der Waals surface area (Å²) in [4.78, 5) is 28.3. The average Bonchev–Trinajstić information content (AvgIpc) is 2.78. The van der Waals surface area contributed by atoms with Gasteiger partial charge in [0.2, 0.25) is 5.55 Å². The summed E-state index contributed by atoms with van der Waals surface area (Å²) in [5, 5.41) is 14.4. The van der Waals surface area contributed by atoms with Crippen molar-refractivity contribution in [2.75, 3.05) is 12.4 Å². The van der Waals surface area contributed by atoms with Gasteiger partial charge in [-0.2, -0.15) is 0 Å². The number of rotatable bonds is 5. The summed E-state index contributed by atoms with van der Waals surface area (Å²) in [6.07, 6.45) is 0. The number of carbonyl (C=O) groups is 1. The van der Waals surface area contributed by atoms with Crippen molar-refractivity contribution in [2.45, 2.75) is 6.92 Å². The molecule has 8 nitrogen and oxygen atoms in total. The van der Waals surface area contributed by atoms with E-state index < -0.39 is 10.8 Å². The molecule has 0 fully saturated rings. The Morgan fingerprint density at radius 3 is 2.53 bits per heavy atom. The van der Waals surface area contributed by atoms with Gasteiger partial charge in [0.05, 0.1) is 17.7 Å². The molecular formula is C24H19N3O5. The van der Waals surface area contributed by atoms with Gasteiger partial charge in [-0.3, -0.25) is 14.9 Å². The van der Waals surface area contributed by atoms with Crippen LogP contribution in [-0.4, -0.2) is 17.9 Å². The smallest absolute Gasteiger partial charge is 0.270 e. The van der Waals surface area contributed by atoms with E-state index in [0.29, 0.717) is 28.1 Å². The van der Waals surface area contributed by atoms with Crippen molar-refractivity contribution < 1.29 is 18.9 Å². The third-order valence-electron chi connectivity index (χ3n) is 4.76. The van der Waals surface area contributed by atoms with Gasteiger partial charge in [0.1, 0.15) is 16.9 Å². The molecule has 1 heterocycles. The Kier molecular flexibility index (Phi) is 5.67. The number of aryl methyl sites for hydroxylation is 1. The molecule has 3 aromatic carbocycles. The molecule has 4 rings (SSSR count). The monoisotopic (exact) mass is 429 g/mol. The quantitative estimate of drug-likeness (QED) is 0.349. The number of ether oxygens (including phenoxy) is 1. The summed E-state index contributed by atoms with van der Waals surface area (Å²) in [7, 11) is 1.57. The fraction of sp³-hybridized carbons (Fsp3) is 0.0833. The molecule has 0 atom stereocenters. The molecule has 0 bridgehead atoms. The van der Waals surface area contributed by atoms with Crippen LogP contribution in [0.5, 0.6) is 5.75 Å². The van der Waals surface area contributed by atoms with Crippen LogP contribution >= 0.6 is 0 Å². The summed E-state index contributed by atoms with van der Waals surface area (Å²) in [5.41, 5.74) is 2.67. The lowest BCUT2D eigenvalue weighted by atomic mass is 10.1. The average molecular weight is 429 g/mol. The molecule has 1 N–H and O–H groups in total. The lowest BCUT2D eigenvalue weighted by Gasteiger charge is -2.08. The van der Waals surface area contributed by atoms with Crippen molar-refractivity contribution in [3.05, 3.63) is 99.6 Å². The Morgan fingerprint density at radius 1 is 1.06 bits per heavy atom. The Bertz CT molecular complexity index is 1390. The van der Waals surface area contributed by atoms with Gasteiger partial charge in [-0.1, -0.05) is 12.1 Å². The van der Waals surface area contributed by atoms with E-state index in [1.54, 1.807) is 43.5 Å². The van der Waals surface area contributed by atoms with E-state index in [2.05, 4.69) is 10.3 Å². The van der Waals surface area contributed by atoms with E-state index >= 15 is 0 Å². The highest BCUT2D eigenvalue weighted by molar-refractivity contribution is 6.05. The predicted octanol–water partition coefficient (Wildman–Crippen LogP) is 5.14. The first-order valence-corrected chi connectivity index (χ1v) is 9.72. The van der Waals surface area contributed by atoms with E-state index in [0.717, 1.165) is 5.56 Å². The highest BCUT2D eigenvalue weighted by Gasteiger charge is 2.15. The molecule has 1 aromatic heterocycles. The molecule has 1 amide bonds. The van der Waals surface area contributed by atoms with Crippen LogP contribution in [0.1, 0.15) is 15.9 Å². The number of nitro benzene ring substituents is 1. The van der Waals surface area contributed by atoms with Crippen LogP contribution in [0.15, 0.2) is 82.2 Å². The zero-order valence-electron chi connectivity index (χ0n) is 17.4. The second-order valence-electron chi connectivity index (χ2n) is 7.08. The van der Waals surface area contributed by atoms with Crippen LogP contribution in [0, 0.1) is 17.0 Å². The number of amides is 1. The summed E-state index contributed by atoms with van der Waals surface area (Å²) < 4.78 is 11.1. The van der Waals surface area contributed by atoms with Gasteiger partial charge in [0.25, 0.3) is 11.6 Å².